The van der Waals surface area contributed by atoms with Crippen molar-refractivity contribution in [2.24, 2.45) is 5.73 Å². The van der Waals surface area contributed by atoms with Crippen molar-refractivity contribution in [2.75, 3.05) is 10.0 Å². The summed E-state index contributed by atoms with van der Waals surface area (Å²) in [6.07, 6.45) is 0. The number of urea groups is 1. The van der Waals surface area contributed by atoms with Crippen LogP contribution in [0.25, 0.3) is 0 Å². The zero-order valence-electron chi connectivity index (χ0n) is 11.6. The minimum atomic E-state index is -3.71. The second-order valence-corrected chi connectivity index (χ2v) is 7.12. The van der Waals surface area contributed by atoms with Crippen LogP contribution in [0.3, 0.4) is 0 Å². The fourth-order valence-electron chi connectivity index (χ4n) is 1.80. The molecule has 0 atom stereocenters. The van der Waals surface area contributed by atoms with Crippen molar-refractivity contribution in [3.63, 3.8) is 0 Å². The van der Waals surface area contributed by atoms with Gasteiger partial charge in [-0.3, -0.25) is 4.72 Å². The second kappa shape index (κ2) is 6.37. The van der Waals surface area contributed by atoms with Crippen LogP contribution >= 0.6 is 15.9 Å². The molecule has 0 aliphatic rings. The Morgan fingerprint density at radius 3 is 2.45 bits per heavy atom. The molecule has 116 valence electrons. The van der Waals surface area contributed by atoms with Gasteiger partial charge in [-0.1, -0.05) is 22.0 Å². The van der Waals surface area contributed by atoms with E-state index in [2.05, 4.69) is 26.0 Å². The summed E-state index contributed by atoms with van der Waals surface area (Å²) in [5.74, 6) is 0. The van der Waals surface area contributed by atoms with Crippen LogP contribution in [-0.2, 0) is 10.0 Å². The highest BCUT2D eigenvalue weighted by Gasteiger charge is 2.15. The SMILES string of the molecule is Cc1cc(S(=O)(=O)Nc2cccc(NC(N)=O)c2)ccc1Br. The number of hydrogen-bond donors (Lipinski definition) is 3. The van der Waals surface area contributed by atoms with Crippen LogP contribution in [0.2, 0.25) is 0 Å². The maximum atomic E-state index is 12.4. The van der Waals surface area contributed by atoms with E-state index in [1.54, 1.807) is 37.3 Å². The van der Waals surface area contributed by atoms with E-state index >= 15 is 0 Å². The average molecular weight is 384 g/mol. The Morgan fingerprint density at radius 1 is 1.14 bits per heavy atom. The van der Waals surface area contributed by atoms with Gasteiger partial charge in [-0.05, 0) is 48.9 Å². The molecular weight excluding hydrogens is 370 g/mol. The molecule has 0 saturated carbocycles. The topological polar surface area (TPSA) is 101 Å². The molecule has 0 bridgehead atoms. The molecular formula is C14H14BrN3O3S. The standard InChI is InChI=1S/C14H14BrN3O3S/c1-9-7-12(5-6-13(9)15)22(20,21)18-11-4-2-3-10(8-11)17-14(16)19/h2-8,18H,1H3,(H3,16,17,19). The second-order valence-electron chi connectivity index (χ2n) is 4.59. The minimum absolute atomic E-state index is 0.154. The minimum Gasteiger partial charge on any atom is -0.351 e. The molecule has 0 fully saturated rings. The Labute approximate surface area is 136 Å². The van der Waals surface area contributed by atoms with Gasteiger partial charge in [-0.25, -0.2) is 13.2 Å². The van der Waals surface area contributed by atoms with Crippen LogP contribution in [0.4, 0.5) is 16.2 Å². The molecule has 0 aromatic heterocycles. The number of sulfonamides is 1. The summed E-state index contributed by atoms with van der Waals surface area (Å²) in [7, 11) is -3.71. The van der Waals surface area contributed by atoms with Crippen molar-refractivity contribution in [2.45, 2.75) is 11.8 Å². The molecule has 0 aliphatic heterocycles. The van der Waals surface area contributed by atoms with Gasteiger partial charge < -0.3 is 11.1 Å². The number of carbonyl (C=O) groups excluding carboxylic acids is 1. The maximum Gasteiger partial charge on any atom is 0.316 e. The van der Waals surface area contributed by atoms with E-state index in [0.29, 0.717) is 11.4 Å². The number of nitrogens with two attached hydrogens (primary N) is 1. The third-order valence-corrected chi connectivity index (χ3v) is 5.09. The van der Waals surface area contributed by atoms with Crippen LogP contribution in [-0.4, -0.2) is 14.4 Å². The zero-order valence-corrected chi connectivity index (χ0v) is 14.0. The molecule has 22 heavy (non-hydrogen) atoms. The summed E-state index contributed by atoms with van der Waals surface area (Å²) < 4.78 is 28.0. The molecule has 0 heterocycles. The van der Waals surface area contributed by atoms with E-state index in [0.717, 1.165) is 10.0 Å². The van der Waals surface area contributed by atoms with E-state index in [-0.39, 0.29) is 4.90 Å². The van der Waals surface area contributed by atoms with Crippen molar-refractivity contribution < 1.29 is 13.2 Å². The fourth-order valence-corrected chi connectivity index (χ4v) is 3.18. The molecule has 2 aromatic carbocycles. The molecule has 0 radical (unpaired) electrons. The van der Waals surface area contributed by atoms with E-state index in [1.165, 1.54) is 12.1 Å². The summed E-state index contributed by atoms with van der Waals surface area (Å²) in [4.78, 5) is 11.0. The first-order valence-corrected chi connectivity index (χ1v) is 8.51. The normalized spacial score (nSPS) is 11.0. The third-order valence-electron chi connectivity index (χ3n) is 2.82. The Bertz CT molecular complexity index is 822. The van der Waals surface area contributed by atoms with E-state index < -0.39 is 16.1 Å². The van der Waals surface area contributed by atoms with Crippen molar-refractivity contribution in [3.05, 3.63) is 52.5 Å². The molecule has 2 amide bonds. The molecule has 0 aliphatic carbocycles. The van der Waals surface area contributed by atoms with Crippen LogP contribution in [0.1, 0.15) is 5.56 Å². The lowest BCUT2D eigenvalue weighted by Gasteiger charge is -2.10. The molecule has 4 N–H and O–H groups in total. The number of amides is 2. The first-order valence-electron chi connectivity index (χ1n) is 6.23. The molecule has 2 rings (SSSR count). The largest absolute Gasteiger partial charge is 0.351 e. The Hall–Kier alpha value is -2.06. The fraction of sp³-hybridized carbons (Fsp3) is 0.0714. The lowest BCUT2D eigenvalue weighted by molar-refractivity contribution is 0.259. The predicted molar refractivity (Wildman–Crippen MR) is 89.3 cm³/mol. The van der Waals surface area contributed by atoms with Gasteiger partial charge in [-0.2, -0.15) is 0 Å². The summed E-state index contributed by atoms with van der Waals surface area (Å²) in [6, 6.07) is 10.3. The lowest BCUT2D eigenvalue weighted by atomic mass is 10.2. The maximum absolute atomic E-state index is 12.4. The highest BCUT2D eigenvalue weighted by Crippen LogP contribution is 2.23. The number of aryl methyl sites for hydroxylation is 1. The molecule has 0 unspecified atom stereocenters. The Kier molecular flexibility index (Phi) is 4.72. The zero-order chi connectivity index (χ0) is 16.3. The number of halogens is 1. The highest BCUT2D eigenvalue weighted by atomic mass is 79.9. The van der Waals surface area contributed by atoms with Crippen molar-refractivity contribution in [1.29, 1.82) is 0 Å². The quantitative estimate of drug-likeness (QED) is 0.755. The van der Waals surface area contributed by atoms with E-state index in [9.17, 15) is 13.2 Å². The van der Waals surface area contributed by atoms with E-state index in [4.69, 9.17) is 5.73 Å². The van der Waals surface area contributed by atoms with Gasteiger partial charge in [0.15, 0.2) is 0 Å². The van der Waals surface area contributed by atoms with Gasteiger partial charge in [0, 0.05) is 10.2 Å². The number of carbonyl (C=O) groups is 1. The molecule has 6 nitrogen and oxygen atoms in total. The summed E-state index contributed by atoms with van der Waals surface area (Å²) >= 11 is 3.33. The Balaban J connectivity index is 2.28. The van der Waals surface area contributed by atoms with Crippen molar-refractivity contribution in [1.82, 2.24) is 0 Å². The first-order chi connectivity index (χ1) is 10.3. The van der Waals surface area contributed by atoms with Crippen molar-refractivity contribution >= 4 is 43.4 Å². The summed E-state index contributed by atoms with van der Waals surface area (Å²) in [5.41, 5.74) is 6.57. The smallest absolute Gasteiger partial charge is 0.316 e. The number of hydrogen-bond acceptors (Lipinski definition) is 3. The predicted octanol–water partition coefficient (Wildman–Crippen LogP) is 3.05. The first kappa shape index (κ1) is 16.3. The number of anilines is 2. The van der Waals surface area contributed by atoms with Crippen LogP contribution in [0, 0.1) is 6.92 Å². The number of primary amides is 1. The lowest BCUT2D eigenvalue weighted by Crippen LogP contribution is -2.19. The average Bonchev–Trinajstić information content (AvgIpc) is 2.40. The van der Waals surface area contributed by atoms with Gasteiger partial charge in [0.1, 0.15) is 0 Å². The Morgan fingerprint density at radius 2 is 1.82 bits per heavy atom. The van der Waals surface area contributed by atoms with Crippen molar-refractivity contribution in [3.8, 4) is 0 Å². The van der Waals surface area contributed by atoms with Gasteiger partial charge in [0.05, 0.1) is 10.6 Å². The number of benzene rings is 2. The number of nitrogens with one attached hydrogen (secondary N) is 2. The number of rotatable bonds is 4. The molecule has 2 aromatic rings. The summed E-state index contributed by atoms with van der Waals surface area (Å²) in [5, 5.41) is 2.39. The van der Waals surface area contributed by atoms with Gasteiger partial charge in [-0.15, -0.1) is 0 Å². The molecule has 8 heteroatoms. The van der Waals surface area contributed by atoms with Gasteiger partial charge in [0.2, 0.25) is 0 Å². The monoisotopic (exact) mass is 383 g/mol. The van der Waals surface area contributed by atoms with E-state index in [1.807, 2.05) is 0 Å². The van der Waals surface area contributed by atoms with Crippen LogP contribution in [0.5, 0.6) is 0 Å². The molecule has 0 spiro atoms. The van der Waals surface area contributed by atoms with Gasteiger partial charge >= 0.3 is 6.03 Å². The van der Waals surface area contributed by atoms with Gasteiger partial charge in [0.25, 0.3) is 10.0 Å². The third kappa shape index (κ3) is 3.99. The molecule has 0 saturated heterocycles. The van der Waals surface area contributed by atoms with Crippen LogP contribution < -0.4 is 15.8 Å². The highest BCUT2D eigenvalue weighted by molar-refractivity contribution is 9.10. The summed E-state index contributed by atoms with van der Waals surface area (Å²) in [6.45, 7) is 1.81. The van der Waals surface area contributed by atoms with Crippen LogP contribution in [0.15, 0.2) is 51.8 Å².